The summed E-state index contributed by atoms with van der Waals surface area (Å²) in [7, 11) is 1.56. The summed E-state index contributed by atoms with van der Waals surface area (Å²) in [5.41, 5.74) is 0. The lowest BCUT2D eigenvalue weighted by atomic mass is 10.6. The van der Waals surface area contributed by atoms with Crippen molar-refractivity contribution in [2.24, 2.45) is 0 Å². The van der Waals surface area contributed by atoms with Gasteiger partial charge in [-0.25, -0.2) is 0 Å². The third-order valence-electron chi connectivity index (χ3n) is 0.490. The number of methoxy groups -OCH3 is 1. The molecule has 0 aromatic heterocycles. The molecule has 0 aromatic rings. The van der Waals surface area contributed by atoms with Gasteiger partial charge in [-0.3, -0.25) is 0 Å². The second-order valence-electron chi connectivity index (χ2n) is 0.875. The van der Waals surface area contributed by atoms with Crippen molar-refractivity contribution in [1.82, 2.24) is 0 Å². The quantitative estimate of drug-likeness (QED) is 0.362. The summed E-state index contributed by atoms with van der Waals surface area (Å²) < 4.78 is 4.59. The highest BCUT2D eigenvalue weighted by molar-refractivity contribution is 5.00. The van der Waals surface area contributed by atoms with Gasteiger partial charge in [0.25, 0.3) is 0 Å². The van der Waals surface area contributed by atoms with Crippen LogP contribution in [0.2, 0.25) is 0 Å². The van der Waals surface area contributed by atoms with Crippen molar-refractivity contribution >= 4 is 0 Å². The van der Waals surface area contributed by atoms with E-state index in [1.54, 1.807) is 13.2 Å². The van der Waals surface area contributed by atoms with E-state index in [9.17, 15) is 0 Å². The van der Waals surface area contributed by atoms with Gasteiger partial charge in [-0.2, -0.15) is 0 Å². The first-order valence-corrected chi connectivity index (χ1v) is 1.66. The van der Waals surface area contributed by atoms with Gasteiger partial charge in [-0.1, -0.05) is 13.2 Å². The van der Waals surface area contributed by atoms with Gasteiger partial charge in [0.05, 0.1) is 7.11 Å². The van der Waals surface area contributed by atoms with Crippen molar-refractivity contribution in [3.05, 3.63) is 25.0 Å². The number of ether oxygens (including phenoxy) is 1. The maximum Gasteiger partial charge on any atom is 0.111 e. The highest BCUT2D eigenvalue weighted by Gasteiger charge is 1.71. The van der Waals surface area contributed by atoms with Crippen molar-refractivity contribution in [2.75, 3.05) is 7.11 Å². The molecule has 0 aliphatic rings. The summed E-state index contributed by atoms with van der Waals surface area (Å²) in [4.78, 5) is 0. The van der Waals surface area contributed by atoms with Crippen LogP contribution >= 0.6 is 0 Å². The Morgan fingerprint density at radius 2 is 2.33 bits per heavy atom. The van der Waals surface area contributed by atoms with Crippen molar-refractivity contribution in [1.29, 1.82) is 0 Å². The van der Waals surface area contributed by atoms with Crippen LogP contribution in [0.25, 0.3) is 0 Å². The van der Waals surface area contributed by atoms with E-state index in [1.807, 2.05) is 0 Å². The first kappa shape index (κ1) is 5.28. The Kier molecular flexibility index (Phi) is 2.21. The Balaban J connectivity index is 3.23. The third-order valence-corrected chi connectivity index (χ3v) is 0.490. The van der Waals surface area contributed by atoms with E-state index in [2.05, 4.69) is 17.9 Å². The minimum atomic E-state index is 0.606. The standard InChI is InChI=1S/C5H8O/c1-4-5(2)6-3/h4H,1-2H2,3H3. The van der Waals surface area contributed by atoms with E-state index in [0.29, 0.717) is 5.76 Å². The summed E-state index contributed by atoms with van der Waals surface area (Å²) in [5, 5.41) is 0. The summed E-state index contributed by atoms with van der Waals surface area (Å²) in [6.45, 7) is 6.86. The lowest BCUT2D eigenvalue weighted by Gasteiger charge is -1.90. The predicted octanol–water partition coefficient (Wildman–Crippen LogP) is 1.33. The van der Waals surface area contributed by atoms with E-state index in [-0.39, 0.29) is 0 Å². The molecule has 1 nitrogen and oxygen atoms in total. The van der Waals surface area contributed by atoms with Crippen molar-refractivity contribution in [2.45, 2.75) is 0 Å². The van der Waals surface area contributed by atoms with E-state index >= 15 is 0 Å². The average Bonchev–Trinajstić information content (AvgIpc) is 1.65. The molecule has 0 atom stereocenters. The maximum absolute atomic E-state index is 4.59. The number of allylic oxidation sites excluding steroid dienone is 1. The molecule has 0 fully saturated rings. The van der Waals surface area contributed by atoms with Gasteiger partial charge in [-0.05, 0) is 6.08 Å². The molecule has 0 amide bonds. The molecule has 0 unspecified atom stereocenters. The molecule has 0 bridgehead atoms. The van der Waals surface area contributed by atoms with E-state index in [0.717, 1.165) is 0 Å². The molecule has 0 aliphatic carbocycles. The molecule has 0 rings (SSSR count). The van der Waals surface area contributed by atoms with Crippen molar-refractivity contribution in [3.8, 4) is 0 Å². The van der Waals surface area contributed by atoms with E-state index in [1.165, 1.54) is 0 Å². The van der Waals surface area contributed by atoms with Gasteiger partial charge < -0.3 is 4.74 Å². The van der Waals surface area contributed by atoms with Gasteiger partial charge in [0.1, 0.15) is 5.76 Å². The fourth-order valence-electron chi connectivity index (χ4n) is 0.0833. The first-order chi connectivity index (χ1) is 2.81. The van der Waals surface area contributed by atoms with Gasteiger partial charge in [0.15, 0.2) is 0 Å². The summed E-state index contributed by atoms with van der Waals surface area (Å²) in [5.74, 6) is 0.606. The molecule has 0 N–H and O–H groups in total. The molecule has 0 aromatic carbocycles. The third kappa shape index (κ3) is 1.58. The summed E-state index contributed by atoms with van der Waals surface area (Å²) in [6, 6.07) is 0. The van der Waals surface area contributed by atoms with Gasteiger partial charge in [0.2, 0.25) is 0 Å². The molecule has 0 heterocycles. The number of hydrogen-bond acceptors (Lipinski definition) is 1. The van der Waals surface area contributed by atoms with Gasteiger partial charge in [-0.15, -0.1) is 0 Å². The van der Waals surface area contributed by atoms with Crippen LogP contribution < -0.4 is 0 Å². The molecule has 34 valence electrons. The SMILES string of the molecule is C=CC(=C)OC. The largest absolute Gasteiger partial charge is 0.497 e. The molecule has 0 saturated carbocycles. The molecular formula is C5H8O. The second-order valence-corrected chi connectivity index (χ2v) is 0.875. The topological polar surface area (TPSA) is 9.23 Å². The average molecular weight is 84.1 g/mol. The lowest BCUT2D eigenvalue weighted by Crippen LogP contribution is -1.73. The monoisotopic (exact) mass is 84.1 g/mol. The van der Waals surface area contributed by atoms with Crippen molar-refractivity contribution < 1.29 is 4.74 Å². The minimum Gasteiger partial charge on any atom is -0.497 e. The normalized spacial score (nSPS) is 6.83. The highest BCUT2D eigenvalue weighted by atomic mass is 16.5. The molecule has 0 saturated heterocycles. The Hall–Kier alpha value is -0.720. The smallest absolute Gasteiger partial charge is 0.111 e. The van der Waals surface area contributed by atoms with Gasteiger partial charge >= 0.3 is 0 Å². The predicted molar refractivity (Wildman–Crippen MR) is 26.3 cm³/mol. The highest BCUT2D eigenvalue weighted by Crippen LogP contribution is 1.86. The Labute approximate surface area is 37.9 Å². The molecule has 6 heavy (non-hydrogen) atoms. The van der Waals surface area contributed by atoms with Crippen LogP contribution in [0.15, 0.2) is 25.0 Å². The molecule has 1 heteroatoms. The number of hydrogen-bond donors (Lipinski definition) is 0. The molecule has 0 aliphatic heterocycles. The fraction of sp³-hybridized carbons (Fsp3) is 0.200. The molecule has 0 radical (unpaired) electrons. The van der Waals surface area contributed by atoms with Crippen molar-refractivity contribution in [3.63, 3.8) is 0 Å². The second kappa shape index (κ2) is 2.51. The zero-order valence-electron chi connectivity index (χ0n) is 3.90. The zero-order chi connectivity index (χ0) is 4.99. The minimum absolute atomic E-state index is 0.606. The Morgan fingerprint density at radius 1 is 1.83 bits per heavy atom. The first-order valence-electron chi connectivity index (χ1n) is 1.66. The Morgan fingerprint density at radius 3 is 2.33 bits per heavy atom. The van der Waals surface area contributed by atoms with Gasteiger partial charge in [0, 0.05) is 0 Å². The zero-order valence-corrected chi connectivity index (χ0v) is 3.90. The maximum atomic E-state index is 4.59. The van der Waals surface area contributed by atoms with E-state index in [4.69, 9.17) is 0 Å². The van der Waals surface area contributed by atoms with Crippen LogP contribution in [-0.2, 0) is 4.74 Å². The van der Waals surface area contributed by atoms with Crippen LogP contribution in [-0.4, -0.2) is 7.11 Å². The van der Waals surface area contributed by atoms with Crippen LogP contribution in [0.3, 0.4) is 0 Å². The Bertz CT molecular complexity index is 64.3. The number of rotatable bonds is 2. The van der Waals surface area contributed by atoms with Crippen LogP contribution in [0.1, 0.15) is 0 Å². The fourth-order valence-corrected chi connectivity index (χ4v) is 0.0833. The lowest BCUT2D eigenvalue weighted by molar-refractivity contribution is 0.309. The van der Waals surface area contributed by atoms with E-state index < -0.39 is 0 Å². The van der Waals surface area contributed by atoms with Crippen LogP contribution in [0, 0.1) is 0 Å². The van der Waals surface area contributed by atoms with Crippen LogP contribution in [0.5, 0.6) is 0 Å². The molecular weight excluding hydrogens is 76.1 g/mol. The molecule has 0 spiro atoms. The van der Waals surface area contributed by atoms with Crippen LogP contribution in [0.4, 0.5) is 0 Å². The summed E-state index contributed by atoms with van der Waals surface area (Å²) in [6.07, 6.45) is 1.56. The summed E-state index contributed by atoms with van der Waals surface area (Å²) >= 11 is 0.